The van der Waals surface area contributed by atoms with Crippen LogP contribution in [-0.4, -0.2) is 286 Å². The first-order chi connectivity index (χ1) is 45.2. The van der Waals surface area contributed by atoms with Crippen LogP contribution in [0.4, 0.5) is 8.90 Å². The molecule has 0 aromatic heterocycles. The van der Waals surface area contributed by atoms with Crippen molar-refractivity contribution in [2.24, 2.45) is 0 Å². The average Bonchev–Trinajstić information content (AvgIpc) is 0.749. The Morgan fingerprint density at radius 3 is 1.20 bits per heavy atom. The Morgan fingerprint density at radius 1 is 0.412 bits per heavy atom. The van der Waals surface area contributed by atoms with Gasteiger partial charge in [-0.2, -0.15) is 0 Å². The lowest BCUT2D eigenvalue weighted by Gasteiger charge is -2.44. The zero-order valence-electron chi connectivity index (χ0n) is 55.4. The molecular formula is C60H95FN12O23Si. The lowest BCUT2D eigenvalue weighted by Crippen LogP contribution is -2.58. The van der Waals surface area contributed by atoms with E-state index in [-0.39, 0.29) is 129 Å². The number of hydrogen-bond acceptors (Lipinski definition) is 19. The van der Waals surface area contributed by atoms with E-state index in [2.05, 4.69) is 31.9 Å². The number of carbonyl (C=O) groups is 15. The van der Waals surface area contributed by atoms with Crippen LogP contribution in [0.25, 0.3) is 0 Å². The minimum Gasteiger partial charge on any atom is -0.481 e. The Labute approximate surface area is 560 Å². The predicted molar refractivity (Wildman–Crippen MR) is 343 cm³/mol. The van der Waals surface area contributed by atoms with E-state index < -0.39 is 183 Å². The first-order valence-corrected chi connectivity index (χ1v) is 33.4. The van der Waals surface area contributed by atoms with E-state index >= 15 is 4.11 Å². The molecule has 0 radical (unpaired) electrons. The number of benzene rings is 1. The Balaban J connectivity index is 2.09. The molecule has 1 heterocycles. The number of urea groups is 1. The molecule has 1 fully saturated rings. The molecule has 0 unspecified atom stereocenters. The van der Waals surface area contributed by atoms with Gasteiger partial charge in [0.1, 0.15) is 30.2 Å². The monoisotopic (exact) mass is 1400 g/mol. The summed E-state index contributed by atoms with van der Waals surface area (Å²) in [6.45, 7) is 9.36. The van der Waals surface area contributed by atoms with Gasteiger partial charge in [0, 0.05) is 103 Å². The first-order valence-electron chi connectivity index (χ1n) is 31.5. The number of halogens is 1. The van der Waals surface area contributed by atoms with Crippen LogP contribution in [0.3, 0.4) is 0 Å². The Bertz CT molecular complexity index is 2870. The Kier molecular flexibility index (Phi) is 35.8. The minimum absolute atomic E-state index is 0.00322. The summed E-state index contributed by atoms with van der Waals surface area (Å²) in [5, 5.41) is 93.8. The van der Waals surface area contributed by atoms with Crippen molar-refractivity contribution in [3.63, 3.8) is 0 Å². The number of nitrogens with one attached hydrogen (secondary N) is 8. The van der Waals surface area contributed by atoms with E-state index in [1.807, 2.05) is 10.6 Å². The summed E-state index contributed by atoms with van der Waals surface area (Å²) in [4.78, 5) is 192. The maximum absolute atomic E-state index is 17.2. The van der Waals surface area contributed by atoms with Gasteiger partial charge < -0.3 is 87.5 Å². The molecule has 1 aromatic rings. The molecule has 544 valence electrons. The second kappa shape index (κ2) is 41.2. The van der Waals surface area contributed by atoms with Crippen molar-refractivity contribution in [3.05, 3.63) is 29.8 Å². The quantitative estimate of drug-likeness (QED) is 0.0193. The maximum atomic E-state index is 17.2. The van der Waals surface area contributed by atoms with Gasteiger partial charge in [-0.3, -0.25) is 67.5 Å². The second-order valence-electron chi connectivity index (χ2n) is 25.4. The number of amides is 8. The number of carboxylic acid groups (broad SMARTS) is 8. The fourth-order valence-corrected chi connectivity index (χ4v) is 15.3. The van der Waals surface area contributed by atoms with Crippen LogP contribution in [0.1, 0.15) is 123 Å². The van der Waals surface area contributed by atoms with E-state index in [9.17, 15) is 108 Å². The van der Waals surface area contributed by atoms with Crippen molar-refractivity contribution in [1.29, 1.82) is 0 Å². The molecule has 1 saturated heterocycles. The highest BCUT2D eigenvalue weighted by atomic mass is 28.4. The van der Waals surface area contributed by atoms with Crippen LogP contribution in [0.5, 0.6) is 0 Å². The number of unbranched alkanes of at least 4 members (excludes halogenated alkanes) is 1. The Morgan fingerprint density at radius 2 is 0.794 bits per heavy atom. The highest BCUT2D eigenvalue weighted by Gasteiger charge is 2.56. The fraction of sp³-hybridized carbons (Fsp3) is 0.650. The molecule has 0 bridgehead atoms. The molecular weight excluding hydrogens is 1300 g/mol. The van der Waals surface area contributed by atoms with E-state index in [1.165, 1.54) is 24.3 Å². The molecule has 2 rings (SSSR count). The van der Waals surface area contributed by atoms with Crippen LogP contribution in [0.15, 0.2) is 24.3 Å². The maximum Gasteiger partial charge on any atom is 0.326 e. The number of rotatable bonds is 40. The van der Waals surface area contributed by atoms with Gasteiger partial charge in [0.25, 0.3) is 14.3 Å². The number of nitrogens with zero attached hydrogens (tertiary/aromatic N) is 4. The zero-order valence-corrected chi connectivity index (χ0v) is 56.4. The number of aliphatic carboxylic acids is 8. The number of carboxylic acids is 8. The molecule has 1 aromatic carbocycles. The van der Waals surface area contributed by atoms with E-state index in [1.54, 1.807) is 61.1 Å². The third-order valence-corrected chi connectivity index (χ3v) is 20.9. The summed E-state index contributed by atoms with van der Waals surface area (Å²) in [5.74, 6) is -15.6. The third kappa shape index (κ3) is 32.1. The van der Waals surface area contributed by atoms with Crippen molar-refractivity contribution in [2.45, 2.75) is 152 Å². The van der Waals surface area contributed by atoms with Crippen molar-refractivity contribution in [3.8, 4) is 0 Å². The van der Waals surface area contributed by atoms with Gasteiger partial charge >= 0.3 is 53.8 Å². The van der Waals surface area contributed by atoms with Gasteiger partial charge in [0.15, 0.2) is 0 Å². The van der Waals surface area contributed by atoms with Crippen molar-refractivity contribution in [2.75, 3.05) is 98.2 Å². The molecule has 97 heavy (non-hydrogen) atoms. The molecule has 1 aliphatic heterocycles. The highest BCUT2D eigenvalue weighted by Crippen LogP contribution is 2.51. The lowest BCUT2D eigenvalue weighted by molar-refractivity contribution is -0.142. The second-order valence-corrected chi connectivity index (χ2v) is 30.3. The third-order valence-electron chi connectivity index (χ3n) is 15.7. The Hall–Kier alpha value is -8.94. The molecule has 8 amide bonds. The summed E-state index contributed by atoms with van der Waals surface area (Å²) < 4.78 is 17.2. The minimum atomic E-state index is -3.78. The summed E-state index contributed by atoms with van der Waals surface area (Å²) in [6, 6.07) is -3.56. The number of carbonyl (C=O) groups excluding carboxylic acids is 7. The SMILES string of the molecule is CC(C)(C)[Si](F)(c1ccc(C(=O)N[C@@H](CNC(=O)CN2CCN(CC(=O)O)CCN(CC(=O)O)CCN(CC(=O)O)CC2)C(=O)N[C@H](CCCCNC(=O)CCC(=O)NCCC[C@H](NC(=O)CC[C@H](NC(=O)N[C@@H](CCC(=O)O)C(=O)O)C(=O)O)C(=O)O)C(=O)O)cc1)C(C)(C)C. The topological polar surface area (TPSA) is 527 Å². The molecule has 16 N–H and O–H groups in total. The van der Waals surface area contributed by atoms with Gasteiger partial charge in [-0.25, -0.2) is 24.0 Å². The normalized spacial score (nSPS) is 15.5. The predicted octanol–water partition coefficient (Wildman–Crippen LogP) is -1.95. The van der Waals surface area contributed by atoms with Crippen LogP contribution in [-0.2, 0) is 62.3 Å². The fourth-order valence-electron chi connectivity index (χ4n) is 10.7. The van der Waals surface area contributed by atoms with Crippen molar-refractivity contribution < 1.29 is 117 Å². The van der Waals surface area contributed by atoms with Crippen LogP contribution >= 0.6 is 0 Å². The van der Waals surface area contributed by atoms with Crippen LogP contribution < -0.4 is 47.7 Å². The molecule has 35 nitrogen and oxygen atoms in total. The van der Waals surface area contributed by atoms with E-state index in [4.69, 9.17) is 5.11 Å². The summed E-state index contributed by atoms with van der Waals surface area (Å²) >= 11 is 0. The first kappa shape index (κ1) is 84.1. The van der Waals surface area contributed by atoms with Gasteiger partial charge in [0.2, 0.25) is 29.5 Å². The standard InChI is InChI=1S/C60H95FN12O23Si/c1-59(2,3)97(61,60(4,5)6)38-14-12-37(13-15-38)52(86)67-43(32-64-47(77)33-70-24-26-71(34-49(80)81)28-30-73(36-51(84)85)31-29-72(27-25-70)35-50(82)83)53(87)66-40(55(90)91)10-7-8-22-62-44(74)19-20-45(75)63-23-9-11-39(54(88)89)65-46(76)18-16-41(56(92)93)68-58(96)69-42(57(94)95)17-21-48(78)79/h12-15,39-43H,7-11,16-36H2,1-6H3,(H,62,74)(H,63,75)(H,64,77)(H,65,76)(H,66,87)(H,67,86)(H,78,79)(H,80,81)(H,82,83)(H,84,85)(H,88,89)(H,90,91)(H,92,93)(H,94,95)(H2,68,69,96)/t39-,40+,41-,42-,43-/m0/s1. The highest BCUT2D eigenvalue weighted by molar-refractivity contribution is 6.90. The average molecular weight is 1400 g/mol. The molecule has 5 atom stereocenters. The van der Waals surface area contributed by atoms with Crippen molar-refractivity contribution in [1.82, 2.24) is 62.1 Å². The smallest absolute Gasteiger partial charge is 0.326 e. The van der Waals surface area contributed by atoms with Gasteiger partial charge in [-0.05, 0) is 72.3 Å². The van der Waals surface area contributed by atoms with E-state index in [0.29, 0.717) is 5.19 Å². The summed E-state index contributed by atoms with van der Waals surface area (Å²) in [7, 11) is -3.78. The summed E-state index contributed by atoms with van der Waals surface area (Å²) in [6.07, 6.45) is -3.00. The van der Waals surface area contributed by atoms with Crippen LogP contribution in [0, 0.1) is 0 Å². The van der Waals surface area contributed by atoms with Gasteiger partial charge in [-0.1, -0.05) is 53.7 Å². The largest absolute Gasteiger partial charge is 0.481 e. The van der Waals surface area contributed by atoms with Gasteiger partial charge in [-0.15, -0.1) is 0 Å². The molecule has 0 aliphatic carbocycles. The van der Waals surface area contributed by atoms with Crippen LogP contribution in [0.2, 0.25) is 10.1 Å². The molecule has 1 aliphatic rings. The zero-order chi connectivity index (χ0) is 73.4. The lowest BCUT2D eigenvalue weighted by atomic mass is 10.1. The molecule has 0 spiro atoms. The molecule has 37 heteroatoms. The van der Waals surface area contributed by atoms with Gasteiger partial charge in [0.05, 0.1) is 26.2 Å². The van der Waals surface area contributed by atoms with Crippen molar-refractivity contribution >= 4 is 103 Å². The number of hydrogen-bond donors (Lipinski definition) is 16. The summed E-state index contributed by atoms with van der Waals surface area (Å²) in [5.41, 5.74) is 0.00322. The van der Waals surface area contributed by atoms with E-state index in [0.717, 1.165) is 0 Å². The molecule has 0 saturated carbocycles.